The van der Waals surface area contributed by atoms with E-state index < -0.39 is 0 Å². The van der Waals surface area contributed by atoms with Crippen molar-refractivity contribution in [2.45, 2.75) is 31.9 Å². The van der Waals surface area contributed by atoms with Crippen LogP contribution in [0.15, 0.2) is 0 Å². The number of ether oxygens (including phenoxy) is 2. The lowest BCUT2D eigenvalue weighted by Gasteiger charge is -2.24. The molecule has 3 nitrogen and oxygen atoms in total. The number of methoxy groups -OCH3 is 1. The third-order valence-corrected chi connectivity index (χ3v) is 2.89. The molecular formula is C10H21NO2. The van der Waals surface area contributed by atoms with Crippen molar-refractivity contribution in [1.82, 2.24) is 5.32 Å². The molecule has 0 radical (unpaired) electrons. The normalized spacial score (nSPS) is 27.5. The van der Waals surface area contributed by atoms with Crippen molar-refractivity contribution in [2.75, 3.05) is 27.4 Å². The Hall–Kier alpha value is -0.120. The molecule has 13 heavy (non-hydrogen) atoms. The Morgan fingerprint density at radius 3 is 2.85 bits per heavy atom. The van der Waals surface area contributed by atoms with Crippen LogP contribution in [0.1, 0.15) is 19.8 Å². The highest BCUT2D eigenvalue weighted by Gasteiger charge is 2.25. The Morgan fingerprint density at radius 2 is 2.38 bits per heavy atom. The number of hydrogen-bond acceptors (Lipinski definition) is 3. The van der Waals surface area contributed by atoms with Gasteiger partial charge in [-0.25, -0.2) is 0 Å². The van der Waals surface area contributed by atoms with Gasteiger partial charge in [0.25, 0.3) is 0 Å². The van der Waals surface area contributed by atoms with Crippen LogP contribution in [-0.2, 0) is 9.47 Å². The van der Waals surface area contributed by atoms with Gasteiger partial charge in [0.1, 0.15) is 0 Å². The van der Waals surface area contributed by atoms with E-state index in [0.29, 0.717) is 18.1 Å². The first-order valence-electron chi connectivity index (χ1n) is 5.05. The minimum atomic E-state index is 0.332. The third kappa shape index (κ3) is 3.25. The molecule has 1 saturated heterocycles. The molecule has 1 aliphatic heterocycles. The van der Waals surface area contributed by atoms with Crippen LogP contribution in [0, 0.1) is 5.92 Å². The van der Waals surface area contributed by atoms with Gasteiger partial charge >= 0.3 is 0 Å². The Bertz CT molecular complexity index is 135. The van der Waals surface area contributed by atoms with Crippen molar-refractivity contribution in [1.29, 1.82) is 0 Å². The van der Waals surface area contributed by atoms with E-state index in [9.17, 15) is 0 Å². The van der Waals surface area contributed by atoms with Crippen molar-refractivity contribution < 1.29 is 9.47 Å². The maximum Gasteiger partial charge on any atom is 0.0558 e. The lowest BCUT2D eigenvalue weighted by molar-refractivity contribution is 0.0902. The van der Waals surface area contributed by atoms with Crippen LogP contribution >= 0.6 is 0 Å². The quantitative estimate of drug-likeness (QED) is 0.697. The second kappa shape index (κ2) is 5.58. The maximum atomic E-state index is 5.37. The van der Waals surface area contributed by atoms with Gasteiger partial charge in [-0.15, -0.1) is 0 Å². The number of hydrogen-bond donors (Lipinski definition) is 1. The molecule has 0 aliphatic carbocycles. The van der Waals surface area contributed by atoms with Crippen LogP contribution in [0.25, 0.3) is 0 Å². The fourth-order valence-corrected chi connectivity index (χ4v) is 1.87. The fourth-order valence-electron chi connectivity index (χ4n) is 1.87. The molecule has 1 fully saturated rings. The Labute approximate surface area is 80.8 Å². The summed E-state index contributed by atoms with van der Waals surface area (Å²) in [6, 6.07) is 0.539. The summed E-state index contributed by atoms with van der Waals surface area (Å²) in [5, 5.41) is 3.35. The van der Waals surface area contributed by atoms with E-state index in [2.05, 4.69) is 12.2 Å². The molecule has 0 aromatic rings. The molecule has 1 heterocycles. The average molecular weight is 187 g/mol. The lowest BCUT2D eigenvalue weighted by Crippen LogP contribution is -2.36. The van der Waals surface area contributed by atoms with E-state index >= 15 is 0 Å². The first-order valence-corrected chi connectivity index (χ1v) is 5.05. The molecule has 1 N–H and O–H groups in total. The van der Waals surface area contributed by atoms with Crippen LogP contribution in [0.2, 0.25) is 0 Å². The molecule has 3 atom stereocenters. The molecule has 0 saturated carbocycles. The molecule has 78 valence electrons. The van der Waals surface area contributed by atoms with Gasteiger partial charge in [0.15, 0.2) is 0 Å². The molecular weight excluding hydrogens is 166 g/mol. The van der Waals surface area contributed by atoms with Crippen LogP contribution < -0.4 is 5.32 Å². The van der Waals surface area contributed by atoms with Gasteiger partial charge in [-0.05, 0) is 32.7 Å². The van der Waals surface area contributed by atoms with E-state index in [1.807, 2.05) is 7.05 Å². The zero-order valence-corrected chi connectivity index (χ0v) is 8.88. The third-order valence-electron chi connectivity index (χ3n) is 2.89. The zero-order chi connectivity index (χ0) is 9.68. The number of rotatable bonds is 5. The zero-order valence-electron chi connectivity index (χ0n) is 8.88. The van der Waals surface area contributed by atoms with Crippen molar-refractivity contribution in [2.24, 2.45) is 5.92 Å². The Kier molecular flexibility index (Phi) is 4.70. The molecule has 0 aromatic carbocycles. The SMILES string of the molecule is CNC(CC(C)OC)C1CCOC1. The summed E-state index contributed by atoms with van der Waals surface area (Å²) in [4.78, 5) is 0. The molecule has 0 aromatic heterocycles. The summed E-state index contributed by atoms with van der Waals surface area (Å²) in [5.74, 6) is 0.669. The minimum absolute atomic E-state index is 0.332. The van der Waals surface area contributed by atoms with Crippen molar-refractivity contribution in [3.05, 3.63) is 0 Å². The molecule has 1 rings (SSSR count). The molecule has 0 spiro atoms. The van der Waals surface area contributed by atoms with E-state index in [0.717, 1.165) is 19.6 Å². The largest absolute Gasteiger partial charge is 0.382 e. The predicted molar refractivity (Wildman–Crippen MR) is 52.9 cm³/mol. The smallest absolute Gasteiger partial charge is 0.0558 e. The van der Waals surface area contributed by atoms with Gasteiger partial charge in [0, 0.05) is 19.8 Å². The van der Waals surface area contributed by atoms with Gasteiger partial charge in [0.2, 0.25) is 0 Å². The minimum Gasteiger partial charge on any atom is -0.382 e. The second-order valence-corrected chi connectivity index (χ2v) is 3.80. The monoisotopic (exact) mass is 187 g/mol. The highest BCUT2D eigenvalue weighted by molar-refractivity contribution is 4.79. The van der Waals surface area contributed by atoms with Gasteiger partial charge in [-0.1, -0.05) is 0 Å². The van der Waals surface area contributed by atoms with Gasteiger partial charge < -0.3 is 14.8 Å². The summed E-state index contributed by atoms with van der Waals surface area (Å²) in [6.45, 7) is 3.94. The Balaban J connectivity index is 2.32. The predicted octanol–water partition coefficient (Wildman–Crippen LogP) is 1.04. The lowest BCUT2D eigenvalue weighted by atomic mass is 9.94. The van der Waals surface area contributed by atoms with Crippen molar-refractivity contribution in [3.63, 3.8) is 0 Å². The summed E-state index contributed by atoms with van der Waals surface area (Å²) in [7, 11) is 3.79. The van der Waals surface area contributed by atoms with Gasteiger partial charge in [0.05, 0.1) is 12.7 Å². The molecule has 0 bridgehead atoms. The molecule has 1 aliphatic rings. The van der Waals surface area contributed by atoms with Crippen LogP contribution in [-0.4, -0.2) is 39.5 Å². The van der Waals surface area contributed by atoms with E-state index in [-0.39, 0.29) is 0 Å². The van der Waals surface area contributed by atoms with Crippen molar-refractivity contribution in [3.8, 4) is 0 Å². The summed E-state index contributed by atoms with van der Waals surface area (Å²) >= 11 is 0. The van der Waals surface area contributed by atoms with Gasteiger partial charge in [-0.3, -0.25) is 0 Å². The van der Waals surface area contributed by atoms with E-state index in [1.165, 1.54) is 6.42 Å². The maximum absolute atomic E-state index is 5.37. The second-order valence-electron chi connectivity index (χ2n) is 3.80. The standard InChI is InChI=1S/C10H21NO2/c1-8(12-3)6-10(11-2)9-4-5-13-7-9/h8-11H,4-7H2,1-3H3. The molecule has 3 unspecified atom stereocenters. The molecule has 3 heteroatoms. The van der Waals surface area contributed by atoms with Crippen LogP contribution in [0.3, 0.4) is 0 Å². The highest BCUT2D eigenvalue weighted by Crippen LogP contribution is 2.20. The first-order chi connectivity index (χ1) is 6.27. The van der Waals surface area contributed by atoms with E-state index in [4.69, 9.17) is 9.47 Å². The summed E-state index contributed by atoms with van der Waals surface area (Å²) < 4.78 is 10.6. The summed E-state index contributed by atoms with van der Waals surface area (Å²) in [5.41, 5.74) is 0. The summed E-state index contributed by atoms with van der Waals surface area (Å²) in [6.07, 6.45) is 2.58. The Morgan fingerprint density at radius 1 is 1.62 bits per heavy atom. The van der Waals surface area contributed by atoms with Crippen LogP contribution in [0.4, 0.5) is 0 Å². The highest BCUT2D eigenvalue weighted by atomic mass is 16.5. The van der Waals surface area contributed by atoms with Gasteiger partial charge in [-0.2, -0.15) is 0 Å². The van der Waals surface area contributed by atoms with Crippen LogP contribution in [0.5, 0.6) is 0 Å². The average Bonchev–Trinajstić information content (AvgIpc) is 2.66. The number of nitrogens with one attached hydrogen (secondary N) is 1. The fraction of sp³-hybridized carbons (Fsp3) is 1.00. The topological polar surface area (TPSA) is 30.5 Å². The molecule has 0 amide bonds. The first kappa shape index (κ1) is 11.0. The van der Waals surface area contributed by atoms with E-state index in [1.54, 1.807) is 7.11 Å². The van der Waals surface area contributed by atoms with Crippen molar-refractivity contribution >= 4 is 0 Å².